The number of alkyl halides is 3. The molecule has 9 heteroatoms. The molecule has 2 heterocycles. The average molecular weight is 444 g/mol. The van der Waals surface area contributed by atoms with Gasteiger partial charge in [-0.05, 0) is 60.4 Å². The second-order valence-electron chi connectivity index (χ2n) is 7.23. The summed E-state index contributed by atoms with van der Waals surface area (Å²) in [5.41, 5.74) is 2.50. The summed E-state index contributed by atoms with van der Waals surface area (Å²) < 4.78 is 41.5. The Hall–Kier alpha value is -3.49. The molecule has 6 nitrogen and oxygen atoms in total. The molecule has 0 aliphatic rings. The topological polar surface area (TPSA) is 68.2 Å². The highest BCUT2D eigenvalue weighted by Gasteiger charge is 2.31. The summed E-state index contributed by atoms with van der Waals surface area (Å²) in [5.74, 6) is -0.118. The Morgan fingerprint density at radius 2 is 1.81 bits per heavy atom. The first kappa shape index (κ1) is 23.2. The lowest BCUT2D eigenvalue weighted by molar-refractivity contribution is -0.274. The average Bonchev–Trinajstić information content (AvgIpc) is 2.77. The van der Waals surface area contributed by atoms with Crippen LogP contribution < -0.4 is 9.64 Å². The van der Waals surface area contributed by atoms with Crippen LogP contribution >= 0.6 is 0 Å². The zero-order chi connectivity index (χ0) is 23.1. The molecule has 0 saturated carbocycles. The number of halogens is 3. The van der Waals surface area contributed by atoms with E-state index in [4.69, 9.17) is 0 Å². The van der Waals surface area contributed by atoms with Crippen molar-refractivity contribution >= 4 is 11.7 Å². The fourth-order valence-electron chi connectivity index (χ4n) is 3.05. The van der Waals surface area contributed by atoms with Crippen molar-refractivity contribution in [2.45, 2.75) is 39.0 Å². The standard InChI is InChI=1S/C23H23F3N4O2/c1-3-4-7-18-9-10-21(29-28-18)30(2)22(31)15-19-13-17(11-12-27-19)16-6-5-8-20(14-16)32-23(24,25)26/h5-6,8-14H,3-4,7,15H2,1-2H3. The Labute approximate surface area is 184 Å². The molecule has 3 aromatic rings. The normalized spacial score (nSPS) is 11.3. The highest BCUT2D eigenvalue weighted by atomic mass is 19.4. The third kappa shape index (κ3) is 6.50. The van der Waals surface area contributed by atoms with Gasteiger partial charge in [-0.1, -0.05) is 25.5 Å². The minimum atomic E-state index is -4.77. The third-order valence-electron chi connectivity index (χ3n) is 4.76. The van der Waals surface area contributed by atoms with Gasteiger partial charge in [0.2, 0.25) is 5.91 Å². The van der Waals surface area contributed by atoms with Gasteiger partial charge in [-0.15, -0.1) is 18.3 Å². The third-order valence-corrected chi connectivity index (χ3v) is 4.76. The maximum absolute atomic E-state index is 12.7. The number of carbonyl (C=O) groups is 1. The number of aryl methyl sites for hydroxylation is 1. The maximum atomic E-state index is 12.7. The zero-order valence-electron chi connectivity index (χ0n) is 17.8. The largest absolute Gasteiger partial charge is 0.573 e. The van der Waals surface area contributed by atoms with Gasteiger partial charge in [-0.25, -0.2) is 0 Å². The molecular weight excluding hydrogens is 421 g/mol. The summed E-state index contributed by atoms with van der Waals surface area (Å²) in [6, 6.07) is 12.6. The number of nitrogens with zero attached hydrogens (tertiary/aromatic N) is 4. The van der Waals surface area contributed by atoms with Crippen LogP contribution in [0.1, 0.15) is 31.2 Å². The predicted molar refractivity (Wildman–Crippen MR) is 114 cm³/mol. The number of pyridine rings is 1. The minimum Gasteiger partial charge on any atom is -0.406 e. The van der Waals surface area contributed by atoms with E-state index in [1.165, 1.54) is 29.3 Å². The first-order chi connectivity index (χ1) is 15.2. The second kappa shape index (κ2) is 10.2. The van der Waals surface area contributed by atoms with Crippen molar-refractivity contribution < 1.29 is 22.7 Å². The summed E-state index contributed by atoms with van der Waals surface area (Å²) in [6.45, 7) is 2.10. The Balaban J connectivity index is 1.70. The Morgan fingerprint density at radius 3 is 2.50 bits per heavy atom. The van der Waals surface area contributed by atoms with E-state index >= 15 is 0 Å². The molecule has 0 N–H and O–H groups in total. The van der Waals surface area contributed by atoms with Gasteiger partial charge < -0.3 is 4.74 Å². The van der Waals surface area contributed by atoms with Crippen LogP contribution in [0.2, 0.25) is 0 Å². The predicted octanol–water partition coefficient (Wildman–Crippen LogP) is 4.99. The van der Waals surface area contributed by atoms with Crippen molar-refractivity contribution in [2.75, 3.05) is 11.9 Å². The van der Waals surface area contributed by atoms with Crippen LogP contribution in [0.4, 0.5) is 19.0 Å². The summed E-state index contributed by atoms with van der Waals surface area (Å²) in [7, 11) is 1.61. The molecule has 0 fully saturated rings. The molecule has 32 heavy (non-hydrogen) atoms. The van der Waals surface area contributed by atoms with Crippen molar-refractivity contribution in [2.24, 2.45) is 0 Å². The number of ether oxygens (including phenoxy) is 1. The van der Waals surface area contributed by atoms with E-state index in [1.807, 2.05) is 6.07 Å². The van der Waals surface area contributed by atoms with Gasteiger partial charge in [0.25, 0.3) is 0 Å². The Morgan fingerprint density at radius 1 is 1.03 bits per heavy atom. The molecule has 0 bridgehead atoms. The summed E-state index contributed by atoms with van der Waals surface area (Å²) in [4.78, 5) is 18.3. The van der Waals surface area contributed by atoms with Gasteiger partial charge >= 0.3 is 6.36 Å². The molecule has 0 aliphatic heterocycles. The van der Waals surface area contributed by atoms with Crippen molar-refractivity contribution in [1.82, 2.24) is 15.2 Å². The van der Waals surface area contributed by atoms with Gasteiger partial charge in [-0.3, -0.25) is 14.7 Å². The lowest BCUT2D eigenvalue weighted by atomic mass is 10.0. The number of unbranched alkanes of at least 4 members (excludes halogenated alkanes) is 1. The molecule has 0 atom stereocenters. The van der Waals surface area contributed by atoms with Gasteiger partial charge in [0.1, 0.15) is 5.75 Å². The maximum Gasteiger partial charge on any atom is 0.573 e. The fourth-order valence-corrected chi connectivity index (χ4v) is 3.05. The van der Waals surface area contributed by atoms with Gasteiger partial charge in [0.05, 0.1) is 17.8 Å². The van der Waals surface area contributed by atoms with Gasteiger partial charge in [0, 0.05) is 13.2 Å². The lowest BCUT2D eigenvalue weighted by Gasteiger charge is -2.16. The number of rotatable bonds is 8. The number of carbonyl (C=O) groups excluding carboxylic acids is 1. The van der Waals surface area contributed by atoms with Crippen LogP contribution in [0.3, 0.4) is 0 Å². The molecule has 3 rings (SSSR count). The van der Waals surface area contributed by atoms with Crippen LogP contribution in [0.5, 0.6) is 5.75 Å². The summed E-state index contributed by atoms with van der Waals surface area (Å²) >= 11 is 0. The molecule has 1 aromatic carbocycles. The fraction of sp³-hybridized carbons (Fsp3) is 0.304. The highest BCUT2D eigenvalue weighted by molar-refractivity contribution is 5.93. The van der Waals surface area contributed by atoms with E-state index < -0.39 is 6.36 Å². The summed E-state index contributed by atoms with van der Waals surface area (Å²) in [5, 5.41) is 8.29. The van der Waals surface area contributed by atoms with Gasteiger partial charge in [-0.2, -0.15) is 5.10 Å². The van der Waals surface area contributed by atoms with Crippen LogP contribution in [0.25, 0.3) is 11.1 Å². The SMILES string of the molecule is CCCCc1ccc(N(C)C(=O)Cc2cc(-c3cccc(OC(F)(F)F)c3)ccn2)nn1. The van der Waals surface area contributed by atoms with E-state index in [-0.39, 0.29) is 18.1 Å². The van der Waals surface area contributed by atoms with Crippen molar-refractivity contribution in [1.29, 1.82) is 0 Å². The number of hydrogen-bond donors (Lipinski definition) is 0. The van der Waals surface area contributed by atoms with Crippen LogP contribution in [-0.4, -0.2) is 34.5 Å². The molecule has 0 saturated heterocycles. The van der Waals surface area contributed by atoms with Crippen molar-refractivity contribution in [3.8, 4) is 16.9 Å². The number of anilines is 1. The van der Waals surface area contributed by atoms with E-state index in [1.54, 1.807) is 31.3 Å². The number of likely N-dealkylation sites (N-methyl/N-ethyl adjacent to an activating group) is 1. The van der Waals surface area contributed by atoms with Gasteiger partial charge in [0.15, 0.2) is 5.82 Å². The molecule has 0 unspecified atom stereocenters. The van der Waals surface area contributed by atoms with Crippen molar-refractivity contribution in [3.05, 3.63) is 66.1 Å². The minimum absolute atomic E-state index is 0.00233. The molecule has 1 amide bonds. The van der Waals surface area contributed by atoms with E-state index in [0.29, 0.717) is 22.6 Å². The van der Waals surface area contributed by atoms with E-state index in [2.05, 4.69) is 26.8 Å². The number of amides is 1. The first-order valence-corrected chi connectivity index (χ1v) is 10.2. The molecular formula is C23H23F3N4O2. The van der Waals surface area contributed by atoms with Crippen LogP contribution in [0.15, 0.2) is 54.7 Å². The number of benzene rings is 1. The second-order valence-corrected chi connectivity index (χ2v) is 7.23. The zero-order valence-corrected chi connectivity index (χ0v) is 17.8. The smallest absolute Gasteiger partial charge is 0.406 e. The lowest BCUT2D eigenvalue weighted by Crippen LogP contribution is -2.29. The van der Waals surface area contributed by atoms with Crippen molar-refractivity contribution in [3.63, 3.8) is 0 Å². The molecule has 0 radical (unpaired) electrons. The molecule has 2 aromatic heterocycles. The van der Waals surface area contributed by atoms with Crippen LogP contribution in [0, 0.1) is 0 Å². The van der Waals surface area contributed by atoms with E-state index in [9.17, 15) is 18.0 Å². The number of aromatic nitrogens is 3. The monoisotopic (exact) mass is 444 g/mol. The quantitative estimate of drug-likeness (QED) is 0.490. The molecule has 0 aliphatic carbocycles. The first-order valence-electron chi connectivity index (χ1n) is 10.2. The summed E-state index contributed by atoms with van der Waals surface area (Å²) in [6.07, 6.45) is -0.326. The molecule has 0 spiro atoms. The Bertz CT molecular complexity index is 1060. The number of hydrogen-bond acceptors (Lipinski definition) is 5. The van der Waals surface area contributed by atoms with Crippen LogP contribution in [-0.2, 0) is 17.6 Å². The highest BCUT2D eigenvalue weighted by Crippen LogP contribution is 2.28. The van der Waals surface area contributed by atoms with E-state index in [0.717, 1.165) is 25.0 Å². The Kier molecular flexibility index (Phi) is 7.40. The molecule has 168 valence electrons.